The molecule has 1 saturated heterocycles. The lowest BCUT2D eigenvalue weighted by Gasteiger charge is -2.37. The van der Waals surface area contributed by atoms with Gasteiger partial charge in [0.25, 0.3) is 0 Å². The summed E-state index contributed by atoms with van der Waals surface area (Å²) in [5, 5.41) is 8.78. The van der Waals surface area contributed by atoms with Gasteiger partial charge in [0.2, 0.25) is 0 Å². The second kappa shape index (κ2) is 4.82. The Morgan fingerprint density at radius 3 is 2.38 bits per heavy atom. The van der Waals surface area contributed by atoms with E-state index in [1.165, 1.54) is 4.90 Å². The Kier molecular flexibility index (Phi) is 3.43. The molecule has 0 bridgehead atoms. The molecule has 2 fully saturated rings. The summed E-state index contributed by atoms with van der Waals surface area (Å²) in [6.07, 6.45) is 3.76. The summed E-state index contributed by atoms with van der Waals surface area (Å²) in [4.78, 5) is 22.5. The molecule has 16 heavy (non-hydrogen) atoms. The van der Waals surface area contributed by atoms with Gasteiger partial charge in [-0.25, -0.2) is 4.79 Å². The average Bonchev–Trinajstić information content (AvgIpc) is 2.23. The predicted octanol–water partition coefficient (Wildman–Crippen LogP) is 1.12. The van der Waals surface area contributed by atoms with E-state index in [0.29, 0.717) is 13.1 Å². The fourth-order valence-corrected chi connectivity index (χ4v) is 2.28. The number of hydrogen-bond acceptors (Lipinski definition) is 3. The maximum absolute atomic E-state index is 10.7. The lowest BCUT2D eigenvalue weighted by molar-refractivity contribution is -0.126. The number of likely N-dealkylation sites (tertiary alicyclic amines) is 1. The Bertz CT molecular complexity index is 267. The molecule has 1 amide bonds. The zero-order chi connectivity index (χ0) is 11.5. The molecule has 5 heteroatoms. The predicted molar refractivity (Wildman–Crippen MR) is 56.3 cm³/mol. The first-order valence-electron chi connectivity index (χ1n) is 5.77. The van der Waals surface area contributed by atoms with Gasteiger partial charge in [-0.3, -0.25) is 0 Å². The Morgan fingerprint density at radius 2 is 1.88 bits per heavy atom. The van der Waals surface area contributed by atoms with Crippen molar-refractivity contribution in [2.45, 2.75) is 37.9 Å². The van der Waals surface area contributed by atoms with E-state index in [0.717, 1.165) is 32.0 Å². The molecular formula is C11H17NO4. The second-order valence-electron chi connectivity index (χ2n) is 4.59. The minimum atomic E-state index is -0.844. The first-order valence-corrected chi connectivity index (χ1v) is 5.77. The average molecular weight is 227 g/mol. The zero-order valence-electron chi connectivity index (χ0n) is 9.17. The van der Waals surface area contributed by atoms with Gasteiger partial charge in [-0.15, -0.1) is 0 Å². The van der Waals surface area contributed by atoms with Crippen molar-refractivity contribution in [1.29, 1.82) is 0 Å². The molecule has 1 heterocycles. The third-order valence-electron chi connectivity index (χ3n) is 3.42. The number of nitrogens with zero attached hydrogens (tertiary/aromatic N) is 1. The molecule has 1 aliphatic carbocycles. The molecule has 0 aromatic carbocycles. The van der Waals surface area contributed by atoms with Crippen LogP contribution in [0.2, 0.25) is 0 Å². The number of hydrogen-bond donors (Lipinski definition) is 1. The van der Waals surface area contributed by atoms with Gasteiger partial charge in [-0.2, -0.15) is 0 Å². The molecule has 5 nitrogen and oxygen atoms in total. The largest absolute Gasteiger partial charge is 0.465 e. The summed E-state index contributed by atoms with van der Waals surface area (Å²) in [6.45, 7) is 1.12. The van der Waals surface area contributed by atoms with Gasteiger partial charge >= 0.3 is 6.09 Å². The van der Waals surface area contributed by atoms with Crippen LogP contribution in [0.4, 0.5) is 4.79 Å². The maximum atomic E-state index is 10.7. The second-order valence-corrected chi connectivity index (χ2v) is 4.59. The first-order chi connectivity index (χ1) is 7.69. The van der Waals surface area contributed by atoms with Crippen LogP contribution in [-0.4, -0.2) is 47.7 Å². The van der Waals surface area contributed by atoms with E-state index in [-0.39, 0.29) is 18.1 Å². The van der Waals surface area contributed by atoms with Crippen molar-refractivity contribution < 1.29 is 19.4 Å². The molecule has 2 rings (SSSR count). The van der Waals surface area contributed by atoms with Gasteiger partial charge in [-0.1, -0.05) is 0 Å². The fourth-order valence-electron chi connectivity index (χ4n) is 2.28. The van der Waals surface area contributed by atoms with Crippen molar-refractivity contribution in [1.82, 2.24) is 4.90 Å². The molecule has 0 radical (unpaired) electrons. The molecule has 1 N–H and O–H groups in total. The summed E-state index contributed by atoms with van der Waals surface area (Å²) in [5.74, 6) is 0.184. The van der Waals surface area contributed by atoms with Crippen molar-refractivity contribution >= 4 is 12.4 Å². The van der Waals surface area contributed by atoms with Gasteiger partial charge in [0.1, 0.15) is 6.29 Å². The van der Waals surface area contributed by atoms with Crippen LogP contribution < -0.4 is 0 Å². The molecule has 90 valence electrons. The number of piperidine rings is 1. The van der Waals surface area contributed by atoms with E-state index in [1.807, 2.05) is 0 Å². The van der Waals surface area contributed by atoms with Crippen LogP contribution in [0.1, 0.15) is 25.7 Å². The number of carboxylic acid groups (broad SMARTS) is 1. The molecule has 1 saturated carbocycles. The van der Waals surface area contributed by atoms with Crippen LogP contribution in [-0.2, 0) is 9.53 Å². The van der Waals surface area contributed by atoms with E-state index < -0.39 is 6.09 Å². The molecule has 0 aromatic rings. The van der Waals surface area contributed by atoms with Crippen LogP contribution in [0.3, 0.4) is 0 Å². The highest BCUT2D eigenvalue weighted by Gasteiger charge is 2.33. The number of ether oxygens (including phenoxy) is 1. The molecular weight excluding hydrogens is 210 g/mol. The highest BCUT2D eigenvalue weighted by Crippen LogP contribution is 2.30. The van der Waals surface area contributed by atoms with Gasteiger partial charge in [-0.05, 0) is 25.7 Å². The molecule has 0 atom stereocenters. The Balaban J connectivity index is 1.66. The molecule has 0 unspecified atom stereocenters. The van der Waals surface area contributed by atoms with E-state index >= 15 is 0 Å². The Labute approximate surface area is 94.4 Å². The highest BCUT2D eigenvalue weighted by molar-refractivity contribution is 5.65. The van der Waals surface area contributed by atoms with Crippen molar-refractivity contribution in [3.8, 4) is 0 Å². The molecule has 0 spiro atoms. The maximum Gasteiger partial charge on any atom is 0.407 e. The van der Waals surface area contributed by atoms with E-state index in [2.05, 4.69) is 0 Å². The van der Waals surface area contributed by atoms with E-state index in [9.17, 15) is 9.59 Å². The first kappa shape index (κ1) is 11.4. The normalized spacial score (nSPS) is 30.9. The van der Waals surface area contributed by atoms with E-state index in [4.69, 9.17) is 9.84 Å². The van der Waals surface area contributed by atoms with Crippen molar-refractivity contribution in [2.24, 2.45) is 5.92 Å². The van der Waals surface area contributed by atoms with E-state index in [1.54, 1.807) is 0 Å². The van der Waals surface area contributed by atoms with Crippen LogP contribution in [0.5, 0.6) is 0 Å². The SMILES string of the molecule is O=C[C@H]1C[C@H](OC2CCN(C(=O)O)CC2)C1. The summed E-state index contributed by atoms with van der Waals surface area (Å²) in [5.41, 5.74) is 0. The third kappa shape index (κ3) is 2.52. The number of rotatable bonds is 3. The smallest absolute Gasteiger partial charge is 0.407 e. The topological polar surface area (TPSA) is 66.8 Å². The van der Waals surface area contributed by atoms with Gasteiger partial charge in [0, 0.05) is 19.0 Å². The number of aldehydes is 1. The monoisotopic (exact) mass is 227 g/mol. The highest BCUT2D eigenvalue weighted by atomic mass is 16.5. The minimum Gasteiger partial charge on any atom is -0.465 e. The minimum absolute atomic E-state index is 0.174. The molecule has 2 aliphatic rings. The number of carbonyl (C=O) groups is 2. The zero-order valence-corrected chi connectivity index (χ0v) is 9.17. The van der Waals surface area contributed by atoms with Crippen molar-refractivity contribution in [3.05, 3.63) is 0 Å². The summed E-state index contributed by atoms with van der Waals surface area (Å²) in [6, 6.07) is 0. The summed E-state index contributed by atoms with van der Waals surface area (Å²) < 4.78 is 5.81. The Hall–Kier alpha value is -1.10. The van der Waals surface area contributed by atoms with Crippen molar-refractivity contribution in [2.75, 3.05) is 13.1 Å². The third-order valence-corrected chi connectivity index (χ3v) is 3.42. The fraction of sp³-hybridized carbons (Fsp3) is 0.818. The van der Waals surface area contributed by atoms with Crippen LogP contribution in [0.25, 0.3) is 0 Å². The lowest BCUT2D eigenvalue weighted by atomic mass is 9.83. The van der Waals surface area contributed by atoms with Crippen LogP contribution in [0.15, 0.2) is 0 Å². The number of carbonyl (C=O) groups excluding carboxylic acids is 1. The number of amides is 1. The van der Waals surface area contributed by atoms with Crippen LogP contribution >= 0.6 is 0 Å². The molecule has 0 aromatic heterocycles. The van der Waals surface area contributed by atoms with Gasteiger partial charge < -0.3 is 19.5 Å². The molecule has 1 aliphatic heterocycles. The van der Waals surface area contributed by atoms with Crippen molar-refractivity contribution in [3.63, 3.8) is 0 Å². The standard InChI is InChI=1S/C11H17NO4/c13-7-8-5-10(6-8)16-9-1-3-12(4-2-9)11(14)15/h7-10H,1-6H2,(H,14,15)/t8-,10-. The van der Waals surface area contributed by atoms with Crippen LogP contribution in [0, 0.1) is 5.92 Å². The van der Waals surface area contributed by atoms with Gasteiger partial charge in [0.05, 0.1) is 12.2 Å². The summed E-state index contributed by atoms with van der Waals surface area (Å²) in [7, 11) is 0. The lowest BCUT2D eigenvalue weighted by Crippen LogP contribution is -2.43. The van der Waals surface area contributed by atoms with Gasteiger partial charge in [0.15, 0.2) is 0 Å². The Morgan fingerprint density at radius 1 is 1.25 bits per heavy atom. The summed E-state index contributed by atoms with van der Waals surface area (Å²) >= 11 is 0. The quantitative estimate of drug-likeness (QED) is 0.734.